The predicted molar refractivity (Wildman–Crippen MR) is 64.4 cm³/mol. The van der Waals surface area contributed by atoms with Crippen LogP contribution in [0.2, 0.25) is 4.34 Å². The number of thiophene rings is 1. The third-order valence-corrected chi connectivity index (χ3v) is 4.54. The van der Waals surface area contributed by atoms with Gasteiger partial charge in [-0.25, -0.2) is 0 Å². The van der Waals surface area contributed by atoms with Crippen molar-refractivity contribution in [1.29, 1.82) is 0 Å². The van der Waals surface area contributed by atoms with Crippen molar-refractivity contribution in [3.05, 3.63) is 43.9 Å². The molecule has 1 unspecified atom stereocenters. The first kappa shape index (κ1) is 11.2. The summed E-state index contributed by atoms with van der Waals surface area (Å²) in [5.41, 5.74) is 0. The molecule has 0 bridgehead atoms. The van der Waals surface area contributed by atoms with Crippen LogP contribution in [0.5, 0.6) is 0 Å². The zero-order chi connectivity index (χ0) is 10.8. The Morgan fingerprint density at radius 1 is 1.60 bits per heavy atom. The van der Waals surface area contributed by atoms with Crippen LogP contribution in [0.3, 0.4) is 0 Å². The molecule has 1 atom stereocenters. The molecule has 0 aromatic carbocycles. The molecule has 0 radical (unpaired) electrons. The summed E-state index contributed by atoms with van der Waals surface area (Å²) in [6, 6.07) is 5.48. The maximum atomic E-state index is 9.90. The van der Waals surface area contributed by atoms with Crippen LogP contribution < -0.4 is 0 Å². The Balaban J connectivity index is 2.11. The number of aliphatic hydroxyl groups is 1. The van der Waals surface area contributed by atoms with Gasteiger partial charge in [0.25, 0.3) is 0 Å². The summed E-state index contributed by atoms with van der Waals surface area (Å²) in [6.07, 6.45) is 1.50. The Bertz CT molecular complexity index is 419. The number of rotatable bonds is 3. The summed E-state index contributed by atoms with van der Waals surface area (Å²) < 4.78 is 6.64. The fraction of sp³-hybridized carbons (Fsp3) is 0.200. The summed E-state index contributed by atoms with van der Waals surface area (Å²) in [4.78, 5) is 0.836. The Labute approximate surface area is 105 Å². The number of furan rings is 1. The third kappa shape index (κ3) is 2.64. The van der Waals surface area contributed by atoms with E-state index in [2.05, 4.69) is 15.9 Å². The van der Waals surface area contributed by atoms with E-state index in [0.29, 0.717) is 10.8 Å². The van der Waals surface area contributed by atoms with Gasteiger partial charge < -0.3 is 9.52 Å². The number of halogens is 2. The van der Waals surface area contributed by atoms with E-state index < -0.39 is 6.10 Å². The van der Waals surface area contributed by atoms with Gasteiger partial charge in [-0.3, -0.25) is 0 Å². The van der Waals surface area contributed by atoms with Crippen LogP contribution in [0.4, 0.5) is 0 Å². The van der Waals surface area contributed by atoms with Crippen molar-refractivity contribution in [2.24, 2.45) is 0 Å². The summed E-state index contributed by atoms with van der Waals surface area (Å²) >= 11 is 10.6. The molecule has 80 valence electrons. The topological polar surface area (TPSA) is 33.4 Å². The van der Waals surface area contributed by atoms with Gasteiger partial charge in [0, 0.05) is 15.8 Å². The van der Waals surface area contributed by atoms with Gasteiger partial charge in [0.15, 0.2) is 0 Å². The molecule has 0 aliphatic rings. The van der Waals surface area contributed by atoms with Gasteiger partial charge in [0.1, 0.15) is 10.1 Å². The Hall–Kier alpha value is -0.290. The molecule has 0 amide bonds. The second-order valence-corrected chi connectivity index (χ2v) is 5.61. The second kappa shape index (κ2) is 4.70. The number of aliphatic hydroxyl groups excluding tert-OH is 1. The van der Waals surface area contributed by atoms with E-state index in [0.717, 1.165) is 15.1 Å². The molecule has 0 aliphatic carbocycles. The molecular weight excluding hydrogens is 300 g/mol. The number of hydrogen-bond acceptors (Lipinski definition) is 3. The molecular formula is C10H8BrClO2S. The van der Waals surface area contributed by atoms with Gasteiger partial charge in [-0.2, -0.15) is 0 Å². The molecule has 2 rings (SSSR count). The van der Waals surface area contributed by atoms with Crippen molar-refractivity contribution < 1.29 is 9.52 Å². The molecule has 0 saturated carbocycles. The Kier molecular flexibility index (Phi) is 3.51. The largest absolute Gasteiger partial charge is 0.469 e. The molecule has 2 heterocycles. The van der Waals surface area contributed by atoms with Crippen LogP contribution in [0.25, 0.3) is 0 Å². The molecule has 15 heavy (non-hydrogen) atoms. The van der Waals surface area contributed by atoms with E-state index in [9.17, 15) is 5.11 Å². The van der Waals surface area contributed by atoms with Gasteiger partial charge >= 0.3 is 0 Å². The highest BCUT2D eigenvalue weighted by molar-refractivity contribution is 9.10. The summed E-state index contributed by atoms with van der Waals surface area (Å²) in [5, 5.41) is 9.90. The van der Waals surface area contributed by atoms with Crippen LogP contribution in [-0.4, -0.2) is 5.11 Å². The molecule has 1 N–H and O–H groups in total. The molecule has 2 nitrogen and oxygen atoms in total. The summed E-state index contributed by atoms with van der Waals surface area (Å²) in [6.45, 7) is 0. The molecule has 2 aromatic rings. The molecule has 0 saturated heterocycles. The number of hydrogen-bond donors (Lipinski definition) is 1. The average molecular weight is 308 g/mol. The van der Waals surface area contributed by atoms with E-state index in [4.69, 9.17) is 16.0 Å². The highest BCUT2D eigenvalue weighted by Crippen LogP contribution is 2.36. The van der Waals surface area contributed by atoms with Gasteiger partial charge in [-0.05, 0) is 34.1 Å². The first-order chi connectivity index (χ1) is 7.16. The monoisotopic (exact) mass is 306 g/mol. The maximum absolute atomic E-state index is 9.90. The summed E-state index contributed by atoms with van der Waals surface area (Å²) in [7, 11) is 0. The smallest absolute Gasteiger partial charge is 0.107 e. The molecule has 0 aliphatic heterocycles. The van der Waals surface area contributed by atoms with Crippen molar-refractivity contribution in [3.63, 3.8) is 0 Å². The standard InChI is InChI=1S/C10H8BrClO2S/c11-7-5-9(15-10(7)12)8(13)4-6-2-1-3-14-6/h1-3,5,8,13H,4H2. The van der Waals surface area contributed by atoms with Crippen molar-refractivity contribution in [3.8, 4) is 0 Å². The highest BCUT2D eigenvalue weighted by atomic mass is 79.9. The first-order valence-corrected chi connectivity index (χ1v) is 6.30. The van der Waals surface area contributed by atoms with Crippen molar-refractivity contribution in [2.45, 2.75) is 12.5 Å². The van der Waals surface area contributed by atoms with E-state index in [1.807, 2.05) is 12.1 Å². The zero-order valence-corrected chi connectivity index (χ0v) is 10.8. The van der Waals surface area contributed by atoms with Crippen LogP contribution in [0.15, 0.2) is 33.4 Å². The lowest BCUT2D eigenvalue weighted by Gasteiger charge is -2.05. The SMILES string of the molecule is OC(Cc1ccco1)c1cc(Br)c(Cl)s1. The molecule has 0 fully saturated rings. The lowest BCUT2D eigenvalue weighted by molar-refractivity contribution is 0.174. The average Bonchev–Trinajstić information content (AvgIpc) is 2.78. The first-order valence-electron chi connectivity index (χ1n) is 4.32. The Morgan fingerprint density at radius 3 is 2.93 bits per heavy atom. The van der Waals surface area contributed by atoms with Gasteiger partial charge in [0.05, 0.1) is 12.4 Å². The highest BCUT2D eigenvalue weighted by Gasteiger charge is 2.14. The Morgan fingerprint density at radius 2 is 2.40 bits per heavy atom. The maximum Gasteiger partial charge on any atom is 0.107 e. The fourth-order valence-corrected chi connectivity index (χ4v) is 2.97. The van der Waals surface area contributed by atoms with Crippen molar-refractivity contribution in [1.82, 2.24) is 0 Å². The van der Waals surface area contributed by atoms with Crippen LogP contribution in [-0.2, 0) is 6.42 Å². The minimum absolute atomic E-state index is 0.469. The van der Waals surface area contributed by atoms with E-state index in [1.165, 1.54) is 11.3 Å². The second-order valence-electron chi connectivity index (χ2n) is 3.07. The normalized spacial score (nSPS) is 13.0. The van der Waals surface area contributed by atoms with Crippen LogP contribution in [0, 0.1) is 0 Å². The van der Waals surface area contributed by atoms with E-state index in [1.54, 1.807) is 12.3 Å². The predicted octanol–water partition coefficient (Wildman–Crippen LogP) is 4.03. The lowest BCUT2D eigenvalue weighted by atomic mass is 10.2. The molecule has 5 heteroatoms. The van der Waals surface area contributed by atoms with E-state index >= 15 is 0 Å². The van der Waals surface area contributed by atoms with Crippen LogP contribution in [0.1, 0.15) is 16.7 Å². The molecule has 0 spiro atoms. The molecule has 2 aromatic heterocycles. The van der Waals surface area contributed by atoms with Gasteiger partial charge in [-0.1, -0.05) is 11.6 Å². The van der Waals surface area contributed by atoms with E-state index in [-0.39, 0.29) is 0 Å². The fourth-order valence-electron chi connectivity index (χ4n) is 1.25. The van der Waals surface area contributed by atoms with Crippen molar-refractivity contribution >= 4 is 38.9 Å². The lowest BCUT2D eigenvalue weighted by Crippen LogP contribution is -1.97. The van der Waals surface area contributed by atoms with Gasteiger partial charge in [-0.15, -0.1) is 11.3 Å². The van der Waals surface area contributed by atoms with Gasteiger partial charge in [0.2, 0.25) is 0 Å². The summed E-state index contributed by atoms with van der Waals surface area (Å²) in [5.74, 6) is 0.767. The quantitative estimate of drug-likeness (QED) is 0.928. The third-order valence-electron chi connectivity index (χ3n) is 1.97. The minimum atomic E-state index is -0.565. The minimum Gasteiger partial charge on any atom is -0.469 e. The van der Waals surface area contributed by atoms with Crippen molar-refractivity contribution in [2.75, 3.05) is 0 Å². The van der Waals surface area contributed by atoms with Crippen LogP contribution >= 0.6 is 38.9 Å². The zero-order valence-electron chi connectivity index (χ0n) is 7.61.